The number of benzene rings is 1. The van der Waals surface area contributed by atoms with Crippen LogP contribution in [0.1, 0.15) is 57.2 Å². The van der Waals surface area contributed by atoms with Crippen molar-refractivity contribution in [3.05, 3.63) is 54.0 Å². The second-order valence-electron chi connectivity index (χ2n) is 11.0. The third-order valence-electron chi connectivity index (χ3n) is 6.83. The summed E-state index contributed by atoms with van der Waals surface area (Å²) >= 11 is 0. The molecule has 3 aromatic rings. The predicted octanol–water partition coefficient (Wildman–Crippen LogP) is 4.05. The Kier molecular flexibility index (Phi) is 7.62. The van der Waals surface area contributed by atoms with Crippen molar-refractivity contribution in [3.8, 4) is 11.3 Å². The minimum atomic E-state index is -0.199. The van der Waals surface area contributed by atoms with Gasteiger partial charge in [-0.1, -0.05) is 18.6 Å². The molecule has 0 spiro atoms. The van der Waals surface area contributed by atoms with Crippen LogP contribution in [0.4, 0.5) is 16.4 Å². The van der Waals surface area contributed by atoms with E-state index in [0.717, 1.165) is 42.6 Å². The van der Waals surface area contributed by atoms with Crippen molar-refractivity contribution >= 4 is 17.7 Å². The van der Waals surface area contributed by atoms with E-state index in [9.17, 15) is 4.79 Å². The van der Waals surface area contributed by atoms with E-state index in [2.05, 4.69) is 38.9 Å². The summed E-state index contributed by atoms with van der Waals surface area (Å²) in [5, 5.41) is 19.8. The fourth-order valence-electron chi connectivity index (χ4n) is 5.07. The number of aromatic nitrogens is 4. The van der Waals surface area contributed by atoms with Crippen LogP contribution in [0.5, 0.6) is 0 Å². The first-order valence-corrected chi connectivity index (χ1v) is 13.4. The first-order chi connectivity index (χ1) is 18.3. The Morgan fingerprint density at radius 2 is 2.05 bits per heavy atom. The normalized spacial score (nSPS) is 17.9. The van der Waals surface area contributed by atoms with Crippen LogP contribution in [0, 0.1) is 0 Å². The number of urea groups is 1. The molecule has 10 nitrogen and oxygen atoms in total. The SMILES string of the molecule is CC(C)(C)OC1CN(C(=O)NC2CCCCc3cc(-c4ccnc(Nc5cnn(CCO)c5)n4)ccc32)C1. The summed E-state index contributed by atoms with van der Waals surface area (Å²) in [5.41, 5.74) is 4.84. The average molecular weight is 520 g/mol. The third-order valence-corrected chi connectivity index (χ3v) is 6.83. The summed E-state index contributed by atoms with van der Waals surface area (Å²) in [7, 11) is 0. The van der Waals surface area contributed by atoms with Crippen molar-refractivity contribution in [2.45, 2.75) is 70.7 Å². The molecule has 0 radical (unpaired) electrons. The number of fused-ring (bicyclic) bond motifs is 1. The minimum absolute atomic E-state index is 0.00489. The van der Waals surface area contributed by atoms with Gasteiger partial charge in [0.15, 0.2) is 0 Å². The quantitative estimate of drug-likeness (QED) is 0.403. The van der Waals surface area contributed by atoms with Crippen LogP contribution in [0.3, 0.4) is 0 Å². The molecule has 202 valence electrons. The van der Waals surface area contributed by atoms with E-state index in [1.165, 1.54) is 11.1 Å². The van der Waals surface area contributed by atoms with Gasteiger partial charge in [0.2, 0.25) is 5.95 Å². The summed E-state index contributed by atoms with van der Waals surface area (Å²) in [6.45, 7) is 7.86. The van der Waals surface area contributed by atoms with Gasteiger partial charge in [-0.2, -0.15) is 5.10 Å². The number of nitrogens with zero attached hydrogens (tertiary/aromatic N) is 5. The molecule has 38 heavy (non-hydrogen) atoms. The van der Waals surface area contributed by atoms with Crippen molar-refractivity contribution in [1.29, 1.82) is 0 Å². The van der Waals surface area contributed by atoms with Gasteiger partial charge in [0.05, 0.1) is 61.6 Å². The number of likely N-dealkylation sites (tertiary alicyclic amines) is 1. The van der Waals surface area contributed by atoms with Crippen molar-refractivity contribution in [1.82, 2.24) is 30.0 Å². The molecule has 1 aliphatic heterocycles. The third kappa shape index (κ3) is 6.31. The Morgan fingerprint density at radius 3 is 2.84 bits per heavy atom. The van der Waals surface area contributed by atoms with Crippen molar-refractivity contribution < 1.29 is 14.6 Å². The zero-order chi connectivity index (χ0) is 26.7. The van der Waals surface area contributed by atoms with E-state index in [0.29, 0.717) is 25.6 Å². The Bertz CT molecular complexity index is 1260. The standard InChI is InChI=1S/C28H37N7O3/c1-28(2,3)38-22-17-34(18-22)27(37)33-25-7-5-4-6-19-14-20(8-9-23(19)25)24-10-11-29-26(32-24)31-21-15-30-35(16-21)12-13-36/h8-11,14-16,22,25,36H,4-7,12-13,17-18H2,1-3H3,(H,33,37)(H,29,31,32). The Hall–Kier alpha value is -3.50. The number of nitrogens with one attached hydrogen (secondary N) is 2. The molecule has 1 unspecified atom stereocenters. The van der Waals surface area contributed by atoms with Crippen LogP contribution in [0.15, 0.2) is 42.9 Å². The van der Waals surface area contributed by atoms with Crippen molar-refractivity contribution in [3.63, 3.8) is 0 Å². The highest BCUT2D eigenvalue weighted by Gasteiger charge is 2.35. The molecule has 10 heteroatoms. The molecule has 3 heterocycles. The lowest BCUT2D eigenvalue weighted by atomic mass is 9.95. The maximum atomic E-state index is 13.0. The molecule has 1 aliphatic carbocycles. The second-order valence-corrected chi connectivity index (χ2v) is 11.0. The van der Waals surface area contributed by atoms with E-state index in [1.54, 1.807) is 23.3 Å². The van der Waals surface area contributed by atoms with Gasteiger partial charge >= 0.3 is 6.03 Å². The zero-order valence-electron chi connectivity index (χ0n) is 22.4. The number of anilines is 2. The Balaban J connectivity index is 1.26. The number of ether oxygens (including phenoxy) is 1. The van der Waals surface area contributed by atoms with Crippen molar-refractivity contribution in [2.75, 3.05) is 25.0 Å². The number of carbonyl (C=O) groups excluding carboxylic acids is 1. The largest absolute Gasteiger partial charge is 0.394 e. The van der Waals surface area contributed by atoms with Crippen LogP contribution in [0.25, 0.3) is 11.3 Å². The fourth-order valence-corrected chi connectivity index (χ4v) is 5.07. The highest BCUT2D eigenvalue weighted by atomic mass is 16.5. The molecule has 5 rings (SSSR count). The van der Waals surface area contributed by atoms with Gasteiger partial charge in [-0.25, -0.2) is 14.8 Å². The smallest absolute Gasteiger partial charge is 0.318 e. The molecular weight excluding hydrogens is 482 g/mol. The molecule has 1 atom stereocenters. The van der Waals surface area contributed by atoms with E-state index in [4.69, 9.17) is 14.8 Å². The molecule has 0 bridgehead atoms. The number of hydrogen-bond donors (Lipinski definition) is 3. The zero-order valence-corrected chi connectivity index (χ0v) is 22.4. The monoisotopic (exact) mass is 519 g/mol. The molecule has 0 saturated carbocycles. The summed E-state index contributed by atoms with van der Waals surface area (Å²) < 4.78 is 7.64. The Labute approximate surface area is 223 Å². The number of amides is 2. The molecule has 3 N–H and O–H groups in total. The topological polar surface area (TPSA) is 117 Å². The maximum absolute atomic E-state index is 13.0. The van der Waals surface area contributed by atoms with Crippen LogP contribution in [-0.4, -0.2) is 67.2 Å². The minimum Gasteiger partial charge on any atom is -0.394 e. The number of carbonyl (C=O) groups is 1. The summed E-state index contributed by atoms with van der Waals surface area (Å²) in [6, 6.07) is 8.28. The van der Waals surface area contributed by atoms with E-state index in [-0.39, 0.29) is 30.4 Å². The van der Waals surface area contributed by atoms with Crippen molar-refractivity contribution in [2.24, 2.45) is 0 Å². The summed E-state index contributed by atoms with van der Waals surface area (Å²) in [4.78, 5) is 23.8. The molecule has 2 aromatic heterocycles. The van der Waals surface area contributed by atoms with E-state index >= 15 is 0 Å². The lowest BCUT2D eigenvalue weighted by Gasteiger charge is -2.42. The lowest BCUT2D eigenvalue weighted by Crippen LogP contribution is -2.59. The average Bonchev–Trinajstić information content (AvgIpc) is 3.19. The molecule has 1 fully saturated rings. The highest BCUT2D eigenvalue weighted by molar-refractivity contribution is 5.76. The number of aliphatic hydroxyl groups is 1. The number of rotatable bonds is 7. The van der Waals surface area contributed by atoms with Crippen LogP contribution in [-0.2, 0) is 17.7 Å². The first kappa shape index (κ1) is 26.1. The lowest BCUT2D eigenvalue weighted by molar-refractivity contribution is -0.111. The van der Waals surface area contributed by atoms with E-state index in [1.807, 2.05) is 31.7 Å². The fraction of sp³-hybridized carbons (Fsp3) is 0.500. The molecule has 2 amide bonds. The molecule has 2 aliphatic rings. The summed E-state index contributed by atoms with van der Waals surface area (Å²) in [5.74, 6) is 0.481. The van der Waals surface area contributed by atoms with Gasteiger partial charge in [0.1, 0.15) is 0 Å². The second kappa shape index (κ2) is 11.1. The van der Waals surface area contributed by atoms with Crippen LogP contribution in [0.2, 0.25) is 0 Å². The van der Waals surface area contributed by atoms with Gasteiger partial charge in [-0.05, 0) is 63.3 Å². The Morgan fingerprint density at radius 1 is 1.21 bits per heavy atom. The van der Waals surface area contributed by atoms with Gasteiger partial charge in [0, 0.05) is 18.0 Å². The molecule has 1 aromatic carbocycles. The van der Waals surface area contributed by atoms with Crippen LogP contribution >= 0.6 is 0 Å². The number of aliphatic hydroxyl groups excluding tert-OH is 1. The highest BCUT2D eigenvalue weighted by Crippen LogP contribution is 2.32. The summed E-state index contributed by atoms with van der Waals surface area (Å²) in [6.07, 6.45) is 9.38. The first-order valence-electron chi connectivity index (χ1n) is 13.4. The number of hydrogen-bond acceptors (Lipinski definition) is 7. The van der Waals surface area contributed by atoms with E-state index < -0.39 is 0 Å². The van der Waals surface area contributed by atoms with Gasteiger partial charge in [-0.3, -0.25) is 4.68 Å². The maximum Gasteiger partial charge on any atom is 0.318 e. The van der Waals surface area contributed by atoms with Crippen LogP contribution < -0.4 is 10.6 Å². The number of aryl methyl sites for hydroxylation is 1. The van der Waals surface area contributed by atoms with Gasteiger partial charge in [-0.15, -0.1) is 0 Å². The predicted molar refractivity (Wildman–Crippen MR) is 145 cm³/mol. The van der Waals surface area contributed by atoms with Gasteiger partial charge in [0.25, 0.3) is 0 Å². The molecular formula is C28H37N7O3. The van der Waals surface area contributed by atoms with Gasteiger partial charge < -0.3 is 25.4 Å². The molecule has 1 saturated heterocycles.